The van der Waals surface area contributed by atoms with Crippen LogP contribution in [-0.4, -0.2) is 58.3 Å². The van der Waals surface area contributed by atoms with Gasteiger partial charge in [0.2, 0.25) is 0 Å². The second-order valence-electron chi connectivity index (χ2n) is 9.99. The third-order valence-electron chi connectivity index (χ3n) is 7.69. The Morgan fingerprint density at radius 1 is 1.06 bits per heavy atom. The van der Waals surface area contributed by atoms with Crippen molar-refractivity contribution in [1.29, 1.82) is 0 Å². The summed E-state index contributed by atoms with van der Waals surface area (Å²) >= 11 is 0. The van der Waals surface area contributed by atoms with E-state index in [4.69, 9.17) is 9.98 Å². The molecule has 5 nitrogen and oxygen atoms in total. The summed E-state index contributed by atoms with van der Waals surface area (Å²) in [5, 5.41) is 0. The van der Waals surface area contributed by atoms with Crippen LogP contribution in [0.15, 0.2) is 59.0 Å². The zero-order chi connectivity index (χ0) is 25.5. The zero-order valence-electron chi connectivity index (χ0n) is 22.3. The van der Waals surface area contributed by atoms with E-state index in [1.54, 1.807) is 0 Å². The van der Waals surface area contributed by atoms with Gasteiger partial charge in [-0.25, -0.2) is 14.4 Å². The van der Waals surface area contributed by atoms with Gasteiger partial charge < -0.3 is 14.4 Å². The van der Waals surface area contributed by atoms with Gasteiger partial charge in [0, 0.05) is 50.1 Å². The van der Waals surface area contributed by atoms with Gasteiger partial charge in [-0.15, -0.1) is 0 Å². The van der Waals surface area contributed by atoms with E-state index in [1.165, 1.54) is 55.0 Å². The van der Waals surface area contributed by atoms with Crippen LogP contribution in [0.1, 0.15) is 71.0 Å². The van der Waals surface area contributed by atoms with Crippen LogP contribution in [0.5, 0.6) is 0 Å². The molecule has 0 radical (unpaired) electrons. The summed E-state index contributed by atoms with van der Waals surface area (Å²) in [5.74, 6) is 2.46. The van der Waals surface area contributed by atoms with Crippen molar-refractivity contribution >= 4 is 6.21 Å². The number of hydrogen-bond acceptors (Lipinski definition) is 4. The lowest BCUT2D eigenvalue weighted by Gasteiger charge is -2.35. The van der Waals surface area contributed by atoms with Gasteiger partial charge in [0.05, 0.1) is 5.69 Å². The molecule has 0 unspecified atom stereocenters. The van der Waals surface area contributed by atoms with E-state index in [-0.39, 0.29) is 5.82 Å². The van der Waals surface area contributed by atoms with Crippen LogP contribution >= 0.6 is 0 Å². The van der Waals surface area contributed by atoms with Gasteiger partial charge in [-0.3, -0.25) is 0 Å². The van der Waals surface area contributed by atoms with Crippen molar-refractivity contribution in [3.63, 3.8) is 0 Å². The smallest absolute Gasteiger partial charge is 0.131 e. The summed E-state index contributed by atoms with van der Waals surface area (Å²) in [7, 11) is 0. The monoisotopic (exact) mass is 491 g/mol. The molecule has 2 aliphatic rings. The fraction of sp³-hybridized carbons (Fsp3) is 0.533. The molecule has 1 aromatic carbocycles. The molecule has 4 rings (SSSR count). The Balaban J connectivity index is 1.55. The maximum atomic E-state index is 13.5. The highest BCUT2D eigenvalue weighted by molar-refractivity contribution is 5.58. The van der Waals surface area contributed by atoms with E-state index in [2.05, 4.69) is 41.0 Å². The van der Waals surface area contributed by atoms with Crippen LogP contribution in [0.25, 0.3) is 11.3 Å². The van der Waals surface area contributed by atoms with Gasteiger partial charge >= 0.3 is 0 Å². The molecule has 0 saturated carbocycles. The summed E-state index contributed by atoms with van der Waals surface area (Å²) in [6.45, 7) is 17.0. The molecule has 36 heavy (non-hydrogen) atoms. The van der Waals surface area contributed by atoms with Crippen molar-refractivity contribution in [2.24, 2.45) is 4.99 Å². The minimum atomic E-state index is -0.212. The van der Waals surface area contributed by atoms with E-state index >= 15 is 0 Å². The molecule has 194 valence electrons. The van der Waals surface area contributed by atoms with Gasteiger partial charge in [0.1, 0.15) is 17.5 Å². The largest absolute Gasteiger partial charge is 0.356 e. The van der Waals surface area contributed by atoms with Crippen LogP contribution in [0.4, 0.5) is 4.39 Å². The third kappa shape index (κ3) is 6.15. The molecule has 0 spiro atoms. The first-order valence-corrected chi connectivity index (χ1v) is 13.7. The number of hydrogen-bond donors (Lipinski definition) is 0. The first-order valence-electron chi connectivity index (χ1n) is 13.7. The zero-order valence-corrected chi connectivity index (χ0v) is 22.3. The summed E-state index contributed by atoms with van der Waals surface area (Å²) in [5.41, 5.74) is 4.38. The number of nitrogens with zero attached hydrogens (tertiary/aromatic N) is 5. The number of aromatic nitrogens is 2. The maximum Gasteiger partial charge on any atom is 0.131 e. The van der Waals surface area contributed by atoms with Crippen molar-refractivity contribution < 1.29 is 4.39 Å². The molecular formula is C30H42FN5. The SMILES string of the molecule is C=C(CC)/C(CC)=C(\N=C/C)N1CCC(c2nc(-c3ccc(F)cc3)cn2CCN2CCCC2)CC1. The average Bonchev–Trinajstić information content (AvgIpc) is 3.58. The number of likely N-dealkylation sites (tertiary alicyclic amines) is 2. The highest BCUT2D eigenvalue weighted by atomic mass is 19.1. The predicted molar refractivity (Wildman–Crippen MR) is 148 cm³/mol. The van der Waals surface area contributed by atoms with Crippen molar-refractivity contribution in [1.82, 2.24) is 19.4 Å². The van der Waals surface area contributed by atoms with Crippen LogP contribution in [-0.2, 0) is 6.54 Å². The topological polar surface area (TPSA) is 36.7 Å². The molecule has 0 atom stereocenters. The maximum absolute atomic E-state index is 13.5. The molecule has 2 aromatic rings. The number of rotatable bonds is 10. The molecule has 0 aliphatic carbocycles. The number of allylic oxidation sites excluding steroid dienone is 2. The molecule has 6 heteroatoms. The highest BCUT2D eigenvalue weighted by Gasteiger charge is 2.27. The Morgan fingerprint density at radius 3 is 2.36 bits per heavy atom. The Labute approximate surface area is 216 Å². The fourth-order valence-electron chi connectivity index (χ4n) is 5.55. The number of piperidine rings is 1. The van der Waals surface area contributed by atoms with Gasteiger partial charge in [0.15, 0.2) is 0 Å². The number of imidazole rings is 1. The van der Waals surface area contributed by atoms with E-state index in [0.29, 0.717) is 5.92 Å². The van der Waals surface area contributed by atoms with Crippen LogP contribution < -0.4 is 0 Å². The van der Waals surface area contributed by atoms with Crippen molar-refractivity contribution in [2.45, 2.75) is 71.8 Å². The lowest BCUT2D eigenvalue weighted by atomic mass is 9.94. The molecule has 0 amide bonds. The Bertz CT molecular complexity index is 1070. The van der Waals surface area contributed by atoms with Gasteiger partial charge in [0.25, 0.3) is 0 Å². The van der Waals surface area contributed by atoms with Gasteiger partial charge in [-0.1, -0.05) is 20.4 Å². The van der Waals surface area contributed by atoms with E-state index in [1.807, 2.05) is 25.3 Å². The second kappa shape index (κ2) is 12.5. The predicted octanol–water partition coefficient (Wildman–Crippen LogP) is 6.64. The summed E-state index contributed by atoms with van der Waals surface area (Å²) < 4.78 is 15.9. The van der Waals surface area contributed by atoms with Crippen LogP contribution in [0, 0.1) is 5.82 Å². The molecule has 2 saturated heterocycles. The van der Waals surface area contributed by atoms with Crippen molar-refractivity contribution in [3.05, 3.63) is 65.7 Å². The standard InChI is InChI=1S/C30H42FN5/c1-5-23(4)27(6-2)30(32-7-3)35-18-14-25(15-19-35)29-33-28(24-10-12-26(31)13-11-24)22-36(29)21-20-34-16-8-9-17-34/h7,10-13,22,25H,4-6,8-9,14-21H2,1-3H3/b30-27+,32-7-. The molecule has 0 N–H and O–H groups in total. The minimum Gasteiger partial charge on any atom is -0.356 e. The normalized spacial score (nSPS) is 18.3. The summed E-state index contributed by atoms with van der Waals surface area (Å²) in [6.07, 6.45) is 10.7. The Kier molecular flexibility index (Phi) is 9.13. The quantitative estimate of drug-likeness (QED) is 0.276. The minimum absolute atomic E-state index is 0.212. The molecule has 2 aliphatic heterocycles. The van der Waals surface area contributed by atoms with Gasteiger partial charge in [-0.2, -0.15) is 0 Å². The van der Waals surface area contributed by atoms with Crippen molar-refractivity contribution in [2.75, 3.05) is 32.7 Å². The summed E-state index contributed by atoms with van der Waals surface area (Å²) in [4.78, 5) is 14.9. The van der Waals surface area contributed by atoms with Gasteiger partial charge in [-0.05, 0) is 93.9 Å². The van der Waals surface area contributed by atoms with Crippen LogP contribution in [0.2, 0.25) is 0 Å². The molecule has 1 aromatic heterocycles. The van der Waals surface area contributed by atoms with E-state index in [9.17, 15) is 4.39 Å². The average molecular weight is 492 g/mol. The highest BCUT2D eigenvalue weighted by Crippen LogP contribution is 2.33. The first-order chi connectivity index (χ1) is 17.5. The molecule has 3 heterocycles. The number of aliphatic imine (C=N–C) groups is 1. The molecular weight excluding hydrogens is 449 g/mol. The summed E-state index contributed by atoms with van der Waals surface area (Å²) in [6, 6.07) is 6.71. The van der Waals surface area contributed by atoms with Crippen molar-refractivity contribution in [3.8, 4) is 11.3 Å². The number of halogens is 1. The Morgan fingerprint density at radius 2 is 1.75 bits per heavy atom. The lowest BCUT2D eigenvalue weighted by molar-refractivity contribution is 0.250. The second-order valence-corrected chi connectivity index (χ2v) is 9.99. The third-order valence-corrected chi connectivity index (χ3v) is 7.69. The fourth-order valence-corrected chi connectivity index (χ4v) is 5.55. The molecule has 2 fully saturated rings. The lowest BCUT2D eigenvalue weighted by Crippen LogP contribution is -2.34. The Hall–Kier alpha value is -2.73. The first kappa shape index (κ1) is 26.3. The van der Waals surface area contributed by atoms with E-state index in [0.717, 1.165) is 68.9 Å². The van der Waals surface area contributed by atoms with Crippen LogP contribution in [0.3, 0.4) is 0 Å². The number of benzene rings is 1. The van der Waals surface area contributed by atoms with E-state index < -0.39 is 0 Å². The molecule has 0 bridgehead atoms.